The van der Waals surface area contributed by atoms with Crippen LogP contribution in [0.15, 0.2) is 36.7 Å². The molecule has 1 fully saturated rings. The highest BCUT2D eigenvalue weighted by atomic mass is 16.5. The first-order valence-corrected chi connectivity index (χ1v) is 10.3. The van der Waals surface area contributed by atoms with Crippen LogP contribution in [0.25, 0.3) is 0 Å². The monoisotopic (exact) mass is 395 g/mol. The molecule has 0 bridgehead atoms. The zero-order valence-corrected chi connectivity index (χ0v) is 17.4. The molecule has 2 aliphatic rings. The second kappa shape index (κ2) is 8.03. The fourth-order valence-corrected chi connectivity index (χ4v) is 4.30. The summed E-state index contributed by atoms with van der Waals surface area (Å²) in [6, 6.07) is 8.16. The minimum Gasteiger partial charge on any atom is -0.462 e. The van der Waals surface area contributed by atoms with Crippen molar-refractivity contribution < 1.29 is 14.3 Å². The van der Waals surface area contributed by atoms with E-state index in [-0.39, 0.29) is 17.4 Å². The number of pyridine rings is 1. The number of nitrogens with one attached hydrogen (secondary N) is 1. The predicted octanol–water partition coefficient (Wildman–Crippen LogP) is 3.83. The van der Waals surface area contributed by atoms with Crippen LogP contribution < -0.4 is 10.2 Å². The van der Waals surface area contributed by atoms with Gasteiger partial charge < -0.3 is 19.7 Å². The van der Waals surface area contributed by atoms with E-state index in [0.717, 1.165) is 49.7 Å². The molecule has 0 spiro atoms. The van der Waals surface area contributed by atoms with Gasteiger partial charge in [-0.05, 0) is 54.2 Å². The Hall–Kier alpha value is -2.60. The Kier molecular flexibility index (Phi) is 5.46. The van der Waals surface area contributed by atoms with Crippen molar-refractivity contribution >= 4 is 17.3 Å². The zero-order chi connectivity index (χ0) is 20.4. The van der Waals surface area contributed by atoms with E-state index >= 15 is 0 Å². The normalized spacial score (nSPS) is 20.5. The second-order valence-electron chi connectivity index (χ2n) is 8.41. The Labute approximate surface area is 172 Å². The van der Waals surface area contributed by atoms with Gasteiger partial charge in [-0.2, -0.15) is 0 Å². The third-order valence-electron chi connectivity index (χ3n) is 5.80. The number of ether oxygens (including phenoxy) is 2. The van der Waals surface area contributed by atoms with Gasteiger partial charge >= 0.3 is 5.97 Å². The van der Waals surface area contributed by atoms with Gasteiger partial charge in [0.15, 0.2) is 0 Å². The SMILES string of the molecule is CCOC(=O)c1ccc2c(c1)CC(C)(C)C(c1cncc(N3CCOCC3)c1)N2. The van der Waals surface area contributed by atoms with Gasteiger partial charge in [0.05, 0.1) is 43.3 Å². The lowest BCUT2D eigenvalue weighted by Crippen LogP contribution is -2.37. The molecule has 6 heteroatoms. The standard InChI is InChI=1S/C23H29N3O3/c1-4-29-22(27)16-5-6-20-17(11-16)13-23(2,3)21(25-20)18-12-19(15-24-14-18)26-7-9-28-10-8-26/h5-6,11-12,14-15,21,25H,4,7-10,13H2,1-3H3. The minimum atomic E-state index is -0.266. The third-order valence-corrected chi connectivity index (χ3v) is 5.80. The molecule has 1 aromatic heterocycles. The van der Waals surface area contributed by atoms with E-state index in [9.17, 15) is 4.79 Å². The molecular formula is C23H29N3O3. The zero-order valence-electron chi connectivity index (χ0n) is 17.4. The van der Waals surface area contributed by atoms with Gasteiger partial charge in [-0.3, -0.25) is 4.98 Å². The predicted molar refractivity (Wildman–Crippen MR) is 114 cm³/mol. The summed E-state index contributed by atoms with van der Waals surface area (Å²) in [6.45, 7) is 10.0. The summed E-state index contributed by atoms with van der Waals surface area (Å²) in [6.07, 6.45) is 4.76. The Balaban J connectivity index is 1.61. The number of nitrogens with zero attached hydrogens (tertiary/aromatic N) is 2. The van der Waals surface area contributed by atoms with Crippen LogP contribution in [0.5, 0.6) is 0 Å². The van der Waals surface area contributed by atoms with Crippen LogP contribution >= 0.6 is 0 Å². The van der Waals surface area contributed by atoms with Crippen molar-refractivity contribution in [3.63, 3.8) is 0 Å². The van der Waals surface area contributed by atoms with Gasteiger partial charge in [-0.1, -0.05) is 13.8 Å². The molecule has 1 aromatic carbocycles. The Bertz CT molecular complexity index is 891. The molecule has 6 nitrogen and oxygen atoms in total. The van der Waals surface area contributed by atoms with E-state index < -0.39 is 0 Å². The summed E-state index contributed by atoms with van der Waals surface area (Å²) in [5.74, 6) is -0.266. The van der Waals surface area contributed by atoms with Gasteiger partial charge in [0, 0.05) is 25.0 Å². The van der Waals surface area contributed by atoms with Gasteiger partial charge in [0.25, 0.3) is 0 Å². The lowest BCUT2D eigenvalue weighted by molar-refractivity contribution is 0.0526. The van der Waals surface area contributed by atoms with E-state index in [1.807, 2.05) is 37.5 Å². The molecule has 2 aliphatic heterocycles. The quantitative estimate of drug-likeness (QED) is 0.794. The minimum absolute atomic E-state index is 0.0361. The first kappa shape index (κ1) is 19.7. The summed E-state index contributed by atoms with van der Waals surface area (Å²) in [4.78, 5) is 19.0. The van der Waals surface area contributed by atoms with E-state index in [4.69, 9.17) is 9.47 Å². The first-order valence-electron chi connectivity index (χ1n) is 10.3. The molecule has 4 rings (SSSR count). The van der Waals surface area contributed by atoms with Crippen molar-refractivity contribution in [3.8, 4) is 0 Å². The summed E-state index contributed by atoms with van der Waals surface area (Å²) < 4.78 is 10.6. The number of rotatable bonds is 4. The van der Waals surface area contributed by atoms with Gasteiger partial charge in [-0.15, -0.1) is 0 Å². The van der Waals surface area contributed by atoms with Gasteiger partial charge in [0.2, 0.25) is 0 Å². The van der Waals surface area contributed by atoms with Crippen LogP contribution in [0.2, 0.25) is 0 Å². The summed E-state index contributed by atoms with van der Waals surface area (Å²) >= 11 is 0. The van der Waals surface area contributed by atoms with Crippen LogP contribution in [0.4, 0.5) is 11.4 Å². The van der Waals surface area contributed by atoms with Crippen molar-refractivity contribution in [2.24, 2.45) is 5.41 Å². The van der Waals surface area contributed by atoms with Gasteiger partial charge in [0.1, 0.15) is 0 Å². The highest BCUT2D eigenvalue weighted by molar-refractivity contribution is 5.90. The average Bonchev–Trinajstić information content (AvgIpc) is 2.73. The third kappa shape index (κ3) is 4.08. The van der Waals surface area contributed by atoms with Crippen molar-refractivity contribution in [2.75, 3.05) is 43.1 Å². The second-order valence-corrected chi connectivity index (χ2v) is 8.41. The maximum atomic E-state index is 12.1. The molecule has 0 radical (unpaired) electrons. The fraction of sp³-hybridized carbons (Fsp3) is 0.478. The lowest BCUT2D eigenvalue weighted by Gasteiger charge is -2.41. The lowest BCUT2D eigenvalue weighted by atomic mass is 9.73. The number of morpholine rings is 1. The van der Waals surface area contributed by atoms with Crippen molar-refractivity contribution in [3.05, 3.63) is 53.3 Å². The molecule has 29 heavy (non-hydrogen) atoms. The summed E-state index contributed by atoms with van der Waals surface area (Å²) in [7, 11) is 0. The van der Waals surface area contributed by atoms with E-state index in [2.05, 4.69) is 35.1 Å². The molecule has 0 saturated carbocycles. The Morgan fingerprint density at radius 1 is 1.28 bits per heavy atom. The molecule has 1 saturated heterocycles. The van der Waals surface area contributed by atoms with Crippen LogP contribution in [-0.2, 0) is 15.9 Å². The van der Waals surface area contributed by atoms with Crippen molar-refractivity contribution in [2.45, 2.75) is 33.2 Å². The smallest absolute Gasteiger partial charge is 0.338 e. The molecule has 1 unspecified atom stereocenters. The van der Waals surface area contributed by atoms with Crippen LogP contribution in [0.1, 0.15) is 48.3 Å². The van der Waals surface area contributed by atoms with Crippen LogP contribution in [0.3, 0.4) is 0 Å². The average molecular weight is 396 g/mol. The topological polar surface area (TPSA) is 63.7 Å². The number of anilines is 2. The number of hydrogen-bond acceptors (Lipinski definition) is 6. The highest BCUT2D eigenvalue weighted by Crippen LogP contribution is 2.45. The number of carbonyl (C=O) groups excluding carboxylic acids is 1. The molecule has 1 atom stereocenters. The summed E-state index contributed by atoms with van der Waals surface area (Å²) in [5.41, 5.74) is 5.11. The molecule has 154 valence electrons. The Morgan fingerprint density at radius 3 is 2.83 bits per heavy atom. The maximum absolute atomic E-state index is 12.1. The number of benzene rings is 1. The van der Waals surface area contributed by atoms with Crippen molar-refractivity contribution in [1.29, 1.82) is 0 Å². The molecule has 0 aliphatic carbocycles. The molecule has 0 amide bonds. The molecule has 2 aromatic rings. The molecule has 3 heterocycles. The molecule has 1 N–H and O–H groups in total. The Morgan fingerprint density at radius 2 is 2.07 bits per heavy atom. The van der Waals surface area contributed by atoms with E-state index in [1.165, 1.54) is 5.56 Å². The number of hydrogen-bond donors (Lipinski definition) is 1. The number of esters is 1. The van der Waals surface area contributed by atoms with E-state index in [0.29, 0.717) is 12.2 Å². The summed E-state index contributed by atoms with van der Waals surface area (Å²) in [5, 5.41) is 3.70. The van der Waals surface area contributed by atoms with Crippen LogP contribution in [-0.4, -0.2) is 43.9 Å². The van der Waals surface area contributed by atoms with Gasteiger partial charge in [-0.25, -0.2) is 4.79 Å². The van der Waals surface area contributed by atoms with E-state index in [1.54, 1.807) is 0 Å². The molecular weight excluding hydrogens is 366 g/mol. The van der Waals surface area contributed by atoms with Crippen molar-refractivity contribution in [1.82, 2.24) is 4.98 Å². The van der Waals surface area contributed by atoms with Crippen LogP contribution in [0, 0.1) is 5.41 Å². The maximum Gasteiger partial charge on any atom is 0.338 e. The largest absolute Gasteiger partial charge is 0.462 e. The number of fused-ring (bicyclic) bond motifs is 1. The highest BCUT2D eigenvalue weighted by Gasteiger charge is 2.36. The number of aromatic nitrogens is 1. The fourth-order valence-electron chi connectivity index (χ4n) is 4.30. The number of carbonyl (C=O) groups is 1. The first-order chi connectivity index (χ1) is 14.0.